The van der Waals surface area contributed by atoms with Crippen LogP contribution in [0.15, 0.2) is 42.5 Å². The molecule has 6 rings (SSSR count). The van der Waals surface area contributed by atoms with Gasteiger partial charge in [-0.1, -0.05) is 18.2 Å². The van der Waals surface area contributed by atoms with Gasteiger partial charge in [-0.25, -0.2) is 19.6 Å². The van der Waals surface area contributed by atoms with Gasteiger partial charge >= 0.3 is 12.0 Å². The molecule has 2 aliphatic heterocycles. The minimum absolute atomic E-state index is 0.128. The number of methoxy groups -OCH3 is 1. The lowest BCUT2D eigenvalue weighted by Crippen LogP contribution is -2.54. The minimum Gasteiger partial charge on any atom is -0.496 e. The first-order valence-electron chi connectivity index (χ1n) is 15.3. The fourth-order valence-electron chi connectivity index (χ4n) is 6.33. The number of pyridine rings is 1. The molecule has 1 aromatic carbocycles. The smallest absolute Gasteiger partial charge is 0.330 e. The van der Waals surface area contributed by atoms with Crippen LogP contribution >= 0.6 is 0 Å². The van der Waals surface area contributed by atoms with E-state index in [2.05, 4.69) is 10.3 Å². The fourth-order valence-corrected chi connectivity index (χ4v) is 6.33. The predicted octanol–water partition coefficient (Wildman–Crippen LogP) is 3.89. The van der Waals surface area contributed by atoms with Crippen molar-refractivity contribution in [2.75, 3.05) is 27.2 Å². The molecule has 1 saturated carbocycles. The highest BCUT2D eigenvalue weighted by Crippen LogP contribution is 2.45. The number of carboxylic acid groups (broad SMARTS) is 1. The lowest BCUT2D eigenvalue weighted by atomic mass is 10.1. The Morgan fingerprint density at radius 2 is 1.93 bits per heavy atom. The zero-order chi connectivity index (χ0) is 31.9. The van der Waals surface area contributed by atoms with E-state index in [1.54, 1.807) is 19.1 Å². The molecule has 12 heteroatoms. The van der Waals surface area contributed by atoms with Gasteiger partial charge in [0.25, 0.3) is 0 Å². The highest BCUT2D eigenvalue weighted by molar-refractivity contribution is 5.95. The van der Waals surface area contributed by atoms with E-state index in [1.807, 2.05) is 56.3 Å². The first-order chi connectivity index (χ1) is 21.6. The molecule has 1 saturated heterocycles. The number of carbonyl (C=O) groups excluding carboxylic acids is 2. The molecular weight excluding hydrogens is 576 g/mol. The molecular formula is C33H38N6O6. The Balaban J connectivity index is 1.35. The van der Waals surface area contributed by atoms with E-state index >= 15 is 0 Å². The lowest BCUT2D eigenvalue weighted by molar-refractivity contribution is -0.144. The summed E-state index contributed by atoms with van der Waals surface area (Å²) >= 11 is 0. The normalized spacial score (nSPS) is 25.3. The molecule has 2 fully saturated rings. The number of carboxylic acids is 1. The molecule has 0 spiro atoms. The number of rotatable bonds is 5. The number of aryl methyl sites for hydroxylation is 2. The Bertz CT molecular complexity index is 1690. The van der Waals surface area contributed by atoms with Crippen molar-refractivity contribution in [3.8, 4) is 23.1 Å². The van der Waals surface area contributed by atoms with E-state index in [4.69, 9.17) is 19.4 Å². The zero-order valence-electron chi connectivity index (χ0n) is 25.9. The van der Waals surface area contributed by atoms with E-state index in [-0.39, 0.29) is 24.9 Å². The maximum absolute atomic E-state index is 13.7. The number of aliphatic carboxylic acids is 1. The summed E-state index contributed by atoms with van der Waals surface area (Å²) < 4.78 is 12.1. The highest BCUT2D eigenvalue weighted by atomic mass is 16.5. The molecule has 3 aliphatic rings. The average Bonchev–Trinajstić information content (AvgIpc) is 3.56. The maximum atomic E-state index is 13.7. The SMILES string of the molecule is COc1ccc2c(OC3CC4C(=O)NC5(C(=O)O)CC5C=CCCCCN(C)C(=O)N4C3)nc(-c3cccc(C)n3)nc2c1C. The first-order valence-corrected chi connectivity index (χ1v) is 15.3. The summed E-state index contributed by atoms with van der Waals surface area (Å²) in [5, 5.41) is 13.5. The summed E-state index contributed by atoms with van der Waals surface area (Å²) in [5.41, 5.74) is 1.47. The Morgan fingerprint density at radius 3 is 2.69 bits per heavy atom. The molecule has 1 aliphatic carbocycles. The largest absolute Gasteiger partial charge is 0.496 e. The third-order valence-electron chi connectivity index (χ3n) is 9.02. The highest BCUT2D eigenvalue weighted by Gasteiger charge is 2.61. The Morgan fingerprint density at radius 1 is 1.11 bits per heavy atom. The summed E-state index contributed by atoms with van der Waals surface area (Å²) in [6.45, 7) is 4.47. The van der Waals surface area contributed by atoms with Crippen LogP contribution < -0.4 is 14.8 Å². The number of benzene rings is 1. The maximum Gasteiger partial charge on any atom is 0.330 e. The van der Waals surface area contributed by atoms with E-state index < -0.39 is 29.6 Å². The Kier molecular flexibility index (Phi) is 8.07. The van der Waals surface area contributed by atoms with Gasteiger partial charge in [0.1, 0.15) is 29.1 Å². The molecule has 12 nitrogen and oxygen atoms in total. The summed E-state index contributed by atoms with van der Waals surface area (Å²) in [5.74, 6) is -0.527. The summed E-state index contributed by atoms with van der Waals surface area (Å²) in [6, 6.07) is 8.04. The van der Waals surface area contributed by atoms with Crippen LogP contribution in [-0.2, 0) is 9.59 Å². The van der Waals surface area contributed by atoms with Crippen molar-refractivity contribution < 1.29 is 29.0 Å². The third-order valence-corrected chi connectivity index (χ3v) is 9.02. The lowest BCUT2D eigenvalue weighted by Gasteiger charge is -2.29. The van der Waals surface area contributed by atoms with Gasteiger partial charge in [0.05, 0.1) is 24.6 Å². The van der Waals surface area contributed by atoms with Crippen LogP contribution in [0, 0.1) is 19.8 Å². The van der Waals surface area contributed by atoms with Gasteiger partial charge in [0.15, 0.2) is 5.82 Å². The van der Waals surface area contributed by atoms with Crippen LogP contribution in [0.4, 0.5) is 4.79 Å². The number of fused-ring (bicyclic) bond motifs is 3. The van der Waals surface area contributed by atoms with E-state index in [0.717, 1.165) is 30.5 Å². The van der Waals surface area contributed by atoms with Crippen molar-refractivity contribution in [1.82, 2.24) is 30.1 Å². The van der Waals surface area contributed by atoms with Gasteiger partial charge in [-0.2, -0.15) is 4.98 Å². The number of ether oxygens (including phenoxy) is 2. The van der Waals surface area contributed by atoms with Crippen LogP contribution in [0.5, 0.6) is 11.6 Å². The molecule has 236 valence electrons. The van der Waals surface area contributed by atoms with Crippen LogP contribution in [0.1, 0.15) is 43.4 Å². The molecule has 45 heavy (non-hydrogen) atoms. The Labute approximate surface area is 261 Å². The molecule has 2 N–H and O–H groups in total. The number of amides is 3. The molecule has 0 bridgehead atoms. The van der Waals surface area contributed by atoms with Gasteiger partial charge in [-0.3, -0.25) is 4.79 Å². The van der Waals surface area contributed by atoms with Crippen LogP contribution in [0.25, 0.3) is 22.4 Å². The van der Waals surface area contributed by atoms with Crippen LogP contribution in [0.3, 0.4) is 0 Å². The second-order valence-corrected chi connectivity index (χ2v) is 12.2. The van der Waals surface area contributed by atoms with Gasteiger partial charge < -0.3 is 29.7 Å². The number of carbonyl (C=O) groups is 3. The van der Waals surface area contributed by atoms with E-state index in [0.29, 0.717) is 47.0 Å². The van der Waals surface area contributed by atoms with Crippen LogP contribution in [-0.4, -0.2) is 92.7 Å². The molecule has 4 atom stereocenters. The predicted molar refractivity (Wildman–Crippen MR) is 166 cm³/mol. The number of hydrogen-bond donors (Lipinski definition) is 2. The van der Waals surface area contributed by atoms with Crippen molar-refractivity contribution in [3.63, 3.8) is 0 Å². The second-order valence-electron chi connectivity index (χ2n) is 12.2. The van der Waals surface area contributed by atoms with Gasteiger partial charge in [-0.05, 0) is 63.8 Å². The molecule has 3 amide bonds. The topological polar surface area (TPSA) is 147 Å². The zero-order valence-corrected chi connectivity index (χ0v) is 25.9. The van der Waals surface area contributed by atoms with Gasteiger partial charge in [0.2, 0.25) is 11.8 Å². The number of hydrogen-bond acceptors (Lipinski definition) is 8. The molecule has 0 radical (unpaired) electrons. The fraction of sp³-hybridized carbons (Fsp3) is 0.455. The average molecular weight is 615 g/mol. The monoisotopic (exact) mass is 614 g/mol. The van der Waals surface area contributed by atoms with Crippen molar-refractivity contribution in [2.24, 2.45) is 5.92 Å². The van der Waals surface area contributed by atoms with Gasteiger partial charge in [-0.15, -0.1) is 0 Å². The molecule has 2 aromatic heterocycles. The number of allylic oxidation sites excluding steroid dienone is 1. The van der Waals surface area contributed by atoms with E-state index in [1.165, 1.54) is 4.90 Å². The molecule has 4 unspecified atom stereocenters. The number of aromatic nitrogens is 3. The first kappa shape index (κ1) is 30.3. The van der Waals surface area contributed by atoms with Crippen molar-refractivity contribution in [1.29, 1.82) is 0 Å². The van der Waals surface area contributed by atoms with Crippen molar-refractivity contribution >= 4 is 28.8 Å². The van der Waals surface area contributed by atoms with Crippen molar-refractivity contribution in [3.05, 3.63) is 53.7 Å². The van der Waals surface area contributed by atoms with Gasteiger partial charge in [0, 0.05) is 37.2 Å². The Hall–Kier alpha value is -4.74. The number of urea groups is 1. The number of nitrogens with zero attached hydrogens (tertiary/aromatic N) is 5. The number of nitrogens with one attached hydrogen (secondary N) is 1. The molecule has 3 aromatic rings. The summed E-state index contributed by atoms with van der Waals surface area (Å²) in [7, 11) is 3.32. The standard InChI is InChI=1S/C33H38N6O6/c1-19-10-9-12-24(34-19)28-35-27-20(2)26(44-4)14-13-23(27)30(36-28)45-22-16-25-29(40)37-33(31(41)42)17-21(33)11-7-5-6-8-15-38(3)32(43)39(25)18-22/h7,9-14,21-22,25H,5-6,8,15-18H2,1-4H3,(H,37,40)(H,41,42). The van der Waals surface area contributed by atoms with Crippen LogP contribution in [0.2, 0.25) is 0 Å². The second kappa shape index (κ2) is 12.0. The van der Waals surface area contributed by atoms with Crippen molar-refractivity contribution in [2.45, 2.75) is 63.6 Å². The quantitative estimate of drug-likeness (QED) is 0.409. The molecule has 4 heterocycles. The summed E-state index contributed by atoms with van der Waals surface area (Å²) in [4.78, 5) is 57.0. The third kappa shape index (κ3) is 5.76. The minimum atomic E-state index is -1.37. The van der Waals surface area contributed by atoms with E-state index in [9.17, 15) is 19.5 Å². The summed E-state index contributed by atoms with van der Waals surface area (Å²) in [6.07, 6.45) is 6.20.